The maximum Gasteiger partial charge on any atom is 0.126 e. The molecule has 1 N–H and O–H groups in total. The van der Waals surface area contributed by atoms with E-state index in [1.807, 2.05) is 36.9 Å². The highest BCUT2D eigenvalue weighted by Crippen LogP contribution is 2.21. The van der Waals surface area contributed by atoms with E-state index in [2.05, 4.69) is 30.4 Å². The first-order valence-corrected chi connectivity index (χ1v) is 5.99. The Kier molecular flexibility index (Phi) is 3.81. The minimum absolute atomic E-state index is 0.255. The van der Waals surface area contributed by atoms with Crippen molar-refractivity contribution in [1.29, 1.82) is 0 Å². The van der Waals surface area contributed by atoms with Crippen molar-refractivity contribution < 1.29 is 0 Å². The summed E-state index contributed by atoms with van der Waals surface area (Å²) in [5.41, 5.74) is 1.05. The highest BCUT2D eigenvalue weighted by atomic mass is 32.2. The molecule has 14 heavy (non-hydrogen) atoms. The largest absolute Gasteiger partial charge is 0.369 e. The standard InChI is InChI=1S/C11H18N2S/c1-9-6-5-7-10(13-9)12-8-11(2,3)14-4/h5-7H,8H2,1-4H3,(H,12,13). The maximum atomic E-state index is 4.39. The van der Waals surface area contributed by atoms with Gasteiger partial charge in [-0.05, 0) is 39.2 Å². The molecule has 0 spiro atoms. The van der Waals surface area contributed by atoms with Crippen LogP contribution in [0.3, 0.4) is 0 Å². The van der Waals surface area contributed by atoms with Crippen molar-refractivity contribution in [2.24, 2.45) is 0 Å². The zero-order valence-corrected chi connectivity index (χ0v) is 10.1. The molecule has 0 atom stereocenters. The molecule has 0 aliphatic carbocycles. The fraction of sp³-hybridized carbons (Fsp3) is 0.545. The minimum Gasteiger partial charge on any atom is -0.369 e. The van der Waals surface area contributed by atoms with E-state index < -0.39 is 0 Å². The van der Waals surface area contributed by atoms with Gasteiger partial charge in [-0.3, -0.25) is 0 Å². The number of aryl methyl sites for hydroxylation is 1. The number of nitrogens with one attached hydrogen (secondary N) is 1. The first kappa shape index (κ1) is 11.4. The smallest absolute Gasteiger partial charge is 0.126 e. The van der Waals surface area contributed by atoms with Crippen molar-refractivity contribution in [3.05, 3.63) is 23.9 Å². The van der Waals surface area contributed by atoms with Gasteiger partial charge in [-0.15, -0.1) is 0 Å². The Balaban J connectivity index is 2.54. The zero-order valence-electron chi connectivity index (χ0n) is 9.29. The predicted molar refractivity (Wildman–Crippen MR) is 65.1 cm³/mol. The summed E-state index contributed by atoms with van der Waals surface area (Å²) in [4.78, 5) is 4.39. The number of anilines is 1. The molecule has 0 unspecified atom stereocenters. The van der Waals surface area contributed by atoms with E-state index in [0.29, 0.717) is 0 Å². The molecule has 0 radical (unpaired) electrons. The Morgan fingerprint density at radius 3 is 2.71 bits per heavy atom. The van der Waals surface area contributed by atoms with E-state index in [4.69, 9.17) is 0 Å². The van der Waals surface area contributed by atoms with Crippen LogP contribution < -0.4 is 5.32 Å². The Morgan fingerprint density at radius 1 is 1.43 bits per heavy atom. The van der Waals surface area contributed by atoms with Gasteiger partial charge in [0.15, 0.2) is 0 Å². The predicted octanol–water partition coefficient (Wildman–Crippen LogP) is 2.94. The normalized spacial score (nSPS) is 11.4. The van der Waals surface area contributed by atoms with Crippen LogP contribution in [0.25, 0.3) is 0 Å². The average molecular weight is 210 g/mol. The van der Waals surface area contributed by atoms with Crippen LogP contribution in [0.4, 0.5) is 5.82 Å². The van der Waals surface area contributed by atoms with Crippen molar-refractivity contribution >= 4 is 17.6 Å². The van der Waals surface area contributed by atoms with Crippen LogP contribution in [0.1, 0.15) is 19.5 Å². The van der Waals surface area contributed by atoms with Gasteiger partial charge in [0.2, 0.25) is 0 Å². The number of aromatic nitrogens is 1. The molecule has 0 saturated heterocycles. The van der Waals surface area contributed by atoms with Crippen LogP contribution in [-0.2, 0) is 0 Å². The summed E-state index contributed by atoms with van der Waals surface area (Å²) in [5.74, 6) is 0.965. The van der Waals surface area contributed by atoms with E-state index in [0.717, 1.165) is 18.1 Å². The van der Waals surface area contributed by atoms with Gasteiger partial charge in [0.1, 0.15) is 5.82 Å². The molecule has 2 nitrogen and oxygen atoms in total. The van der Waals surface area contributed by atoms with Crippen molar-refractivity contribution in [1.82, 2.24) is 4.98 Å². The highest BCUT2D eigenvalue weighted by Gasteiger charge is 2.15. The third-order valence-electron chi connectivity index (χ3n) is 2.14. The molecule has 1 rings (SSSR count). The molecule has 78 valence electrons. The minimum atomic E-state index is 0.255. The molecule has 0 saturated carbocycles. The fourth-order valence-corrected chi connectivity index (χ4v) is 1.23. The van der Waals surface area contributed by atoms with Gasteiger partial charge in [-0.25, -0.2) is 4.98 Å². The summed E-state index contributed by atoms with van der Waals surface area (Å²) in [7, 11) is 0. The summed E-state index contributed by atoms with van der Waals surface area (Å²) in [6, 6.07) is 6.03. The topological polar surface area (TPSA) is 24.9 Å². The number of thioether (sulfide) groups is 1. The first-order valence-electron chi connectivity index (χ1n) is 4.76. The van der Waals surface area contributed by atoms with Gasteiger partial charge in [-0.2, -0.15) is 11.8 Å². The first-order chi connectivity index (χ1) is 6.53. The lowest BCUT2D eigenvalue weighted by Gasteiger charge is -2.22. The summed E-state index contributed by atoms with van der Waals surface area (Å²) >= 11 is 1.86. The number of hydrogen-bond donors (Lipinski definition) is 1. The third kappa shape index (κ3) is 3.58. The SMILES string of the molecule is CSC(C)(C)CNc1cccc(C)n1. The van der Waals surface area contributed by atoms with E-state index in [1.54, 1.807) is 0 Å². The Hall–Kier alpha value is -0.700. The quantitative estimate of drug-likeness (QED) is 0.827. The third-order valence-corrected chi connectivity index (χ3v) is 3.39. The van der Waals surface area contributed by atoms with Crippen LogP contribution in [0.15, 0.2) is 18.2 Å². The van der Waals surface area contributed by atoms with Gasteiger partial charge < -0.3 is 5.32 Å². The lowest BCUT2D eigenvalue weighted by atomic mass is 10.2. The summed E-state index contributed by atoms with van der Waals surface area (Å²) in [6.45, 7) is 7.39. The van der Waals surface area contributed by atoms with Crippen molar-refractivity contribution in [3.8, 4) is 0 Å². The second-order valence-corrected chi connectivity index (χ2v) is 5.49. The lowest BCUT2D eigenvalue weighted by Crippen LogP contribution is -2.26. The van der Waals surface area contributed by atoms with E-state index in [-0.39, 0.29) is 4.75 Å². The highest BCUT2D eigenvalue weighted by molar-refractivity contribution is 7.99. The Labute approximate surface area is 90.5 Å². The lowest BCUT2D eigenvalue weighted by molar-refractivity contribution is 0.750. The van der Waals surface area contributed by atoms with Crippen LogP contribution in [0.2, 0.25) is 0 Å². The molecule has 1 heterocycles. The summed E-state index contributed by atoms with van der Waals surface area (Å²) in [5, 5.41) is 3.34. The molecular formula is C11H18N2S. The van der Waals surface area contributed by atoms with Crippen molar-refractivity contribution in [2.75, 3.05) is 18.1 Å². The van der Waals surface area contributed by atoms with E-state index in [9.17, 15) is 0 Å². The molecule has 0 aromatic carbocycles. The molecule has 0 aliphatic rings. The van der Waals surface area contributed by atoms with Gasteiger partial charge in [0.25, 0.3) is 0 Å². The van der Waals surface area contributed by atoms with E-state index in [1.165, 1.54) is 0 Å². The second kappa shape index (κ2) is 4.69. The van der Waals surface area contributed by atoms with Crippen LogP contribution >= 0.6 is 11.8 Å². The molecule has 0 amide bonds. The fourth-order valence-electron chi connectivity index (χ4n) is 1.02. The summed E-state index contributed by atoms with van der Waals surface area (Å²) < 4.78 is 0.255. The number of nitrogens with zero attached hydrogens (tertiary/aromatic N) is 1. The van der Waals surface area contributed by atoms with Crippen molar-refractivity contribution in [2.45, 2.75) is 25.5 Å². The van der Waals surface area contributed by atoms with Crippen LogP contribution in [-0.4, -0.2) is 22.5 Å². The molecular weight excluding hydrogens is 192 g/mol. The number of rotatable bonds is 4. The van der Waals surface area contributed by atoms with E-state index >= 15 is 0 Å². The van der Waals surface area contributed by atoms with Gasteiger partial charge >= 0.3 is 0 Å². The Morgan fingerprint density at radius 2 is 2.14 bits per heavy atom. The number of pyridine rings is 1. The number of hydrogen-bond acceptors (Lipinski definition) is 3. The molecule has 0 bridgehead atoms. The molecule has 0 fully saturated rings. The Bertz CT molecular complexity index is 297. The molecule has 1 aromatic heterocycles. The van der Waals surface area contributed by atoms with Gasteiger partial charge in [-0.1, -0.05) is 6.07 Å². The molecule has 0 aliphatic heterocycles. The molecule has 1 aromatic rings. The van der Waals surface area contributed by atoms with Crippen LogP contribution in [0.5, 0.6) is 0 Å². The molecule has 3 heteroatoms. The van der Waals surface area contributed by atoms with Gasteiger partial charge in [0.05, 0.1) is 0 Å². The average Bonchev–Trinajstić information content (AvgIpc) is 2.15. The van der Waals surface area contributed by atoms with Crippen LogP contribution in [0, 0.1) is 6.92 Å². The van der Waals surface area contributed by atoms with Crippen molar-refractivity contribution in [3.63, 3.8) is 0 Å². The monoisotopic (exact) mass is 210 g/mol. The maximum absolute atomic E-state index is 4.39. The summed E-state index contributed by atoms with van der Waals surface area (Å²) in [6.07, 6.45) is 2.13. The zero-order chi connectivity index (χ0) is 10.6. The van der Waals surface area contributed by atoms with Gasteiger partial charge in [0, 0.05) is 17.0 Å². The second-order valence-electron chi connectivity index (χ2n) is 3.98.